The Morgan fingerprint density at radius 3 is 2.94 bits per heavy atom. The van der Waals surface area contributed by atoms with E-state index in [-0.39, 0.29) is 5.91 Å². The largest absolute Gasteiger partial charge is 0.453 e. The number of furan rings is 1. The number of hydrazone groups is 1. The number of hydrogen-bond acceptors (Lipinski definition) is 4. The molecule has 2 aromatic rings. The Balaban J connectivity index is 2.41. The zero-order chi connectivity index (χ0) is 11.7. The predicted molar refractivity (Wildman–Crippen MR) is 61.8 cm³/mol. The van der Waals surface area contributed by atoms with E-state index in [2.05, 4.69) is 5.10 Å². The molecule has 84 valence electrons. The van der Waals surface area contributed by atoms with Gasteiger partial charge < -0.3 is 9.43 Å². The maximum Gasteiger partial charge on any atom is 0.228 e. The summed E-state index contributed by atoms with van der Waals surface area (Å²) in [5.41, 5.74) is 1.46. The van der Waals surface area contributed by atoms with E-state index in [0.29, 0.717) is 11.3 Å². The molecule has 2 aromatic heterocycles. The molecule has 0 amide bonds. The van der Waals surface area contributed by atoms with Crippen molar-refractivity contribution in [3.05, 3.63) is 24.1 Å². The number of aromatic nitrogens is 1. The van der Waals surface area contributed by atoms with Crippen molar-refractivity contribution in [3.63, 3.8) is 0 Å². The van der Waals surface area contributed by atoms with Crippen LogP contribution < -0.4 is 0 Å². The van der Waals surface area contributed by atoms with E-state index in [1.165, 1.54) is 6.92 Å². The van der Waals surface area contributed by atoms with E-state index in [1.807, 2.05) is 14.1 Å². The molecule has 5 nitrogen and oxygen atoms in total. The molecule has 0 aromatic carbocycles. The molecule has 16 heavy (non-hydrogen) atoms. The van der Waals surface area contributed by atoms with Gasteiger partial charge in [0.25, 0.3) is 0 Å². The molecule has 2 rings (SSSR count). The summed E-state index contributed by atoms with van der Waals surface area (Å²) in [5, 5.41) is 5.74. The minimum atomic E-state index is -0.0353. The minimum Gasteiger partial charge on any atom is -0.453 e. The van der Waals surface area contributed by atoms with Crippen LogP contribution in [0.25, 0.3) is 11.1 Å². The summed E-state index contributed by atoms with van der Waals surface area (Å²) >= 11 is 0. The van der Waals surface area contributed by atoms with E-state index < -0.39 is 0 Å². The molecular weight excluding hydrogens is 206 g/mol. The zero-order valence-corrected chi connectivity index (χ0v) is 9.47. The fourth-order valence-corrected chi connectivity index (χ4v) is 1.46. The Morgan fingerprint density at radius 2 is 2.31 bits per heavy atom. The molecular formula is C11H13N3O2. The van der Waals surface area contributed by atoms with Crippen LogP contribution in [0, 0.1) is 0 Å². The Morgan fingerprint density at radius 1 is 1.56 bits per heavy atom. The van der Waals surface area contributed by atoms with E-state index in [4.69, 9.17) is 4.42 Å². The highest BCUT2D eigenvalue weighted by Gasteiger charge is 2.09. The van der Waals surface area contributed by atoms with Crippen molar-refractivity contribution < 1.29 is 9.21 Å². The maximum absolute atomic E-state index is 11.3. The first kappa shape index (κ1) is 10.5. The monoisotopic (exact) mass is 219 g/mol. The topological polar surface area (TPSA) is 50.7 Å². The summed E-state index contributed by atoms with van der Waals surface area (Å²) in [6.45, 7) is 1.51. The molecule has 5 heteroatoms. The van der Waals surface area contributed by atoms with Gasteiger partial charge in [-0.05, 0) is 6.07 Å². The van der Waals surface area contributed by atoms with Crippen molar-refractivity contribution in [2.45, 2.75) is 6.92 Å². The smallest absolute Gasteiger partial charge is 0.228 e. The second kappa shape index (κ2) is 3.84. The number of nitrogens with zero attached hydrogens (tertiary/aromatic N) is 3. The minimum absolute atomic E-state index is 0.0353. The SMILES string of the molecule is CC(=O)n1ccc2oc(/C=N/N(C)C)cc21. The average Bonchev–Trinajstić information content (AvgIpc) is 2.71. The molecule has 0 spiro atoms. The summed E-state index contributed by atoms with van der Waals surface area (Å²) < 4.78 is 7.05. The van der Waals surface area contributed by atoms with E-state index in [0.717, 1.165) is 5.52 Å². The van der Waals surface area contributed by atoms with Gasteiger partial charge in [0.2, 0.25) is 5.91 Å². The third-order valence-corrected chi connectivity index (χ3v) is 2.15. The van der Waals surface area contributed by atoms with Gasteiger partial charge in [0.1, 0.15) is 5.76 Å². The van der Waals surface area contributed by atoms with Crippen LogP contribution in [0.2, 0.25) is 0 Å². The van der Waals surface area contributed by atoms with E-state index in [1.54, 1.807) is 34.1 Å². The molecule has 0 aliphatic heterocycles. The lowest BCUT2D eigenvalue weighted by Gasteiger charge is -2.00. The van der Waals surface area contributed by atoms with Gasteiger partial charge in [0, 0.05) is 33.3 Å². The zero-order valence-electron chi connectivity index (χ0n) is 9.47. The second-order valence-corrected chi connectivity index (χ2v) is 3.69. The van der Waals surface area contributed by atoms with Crippen LogP contribution >= 0.6 is 0 Å². The van der Waals surface area contributed by atoms with Crippen molar-refractivity contribution in [1.82, 2.24) is 9.58 Å². The molecule has 0 aliphatic rings. The fraction of sp³-hybridized carbons (Fsp3) is 0.273. The number of hydrogen-bond donors (Lipinski definition) is 0. The summed E-state index contributed by atoms with van der Waals surface area (Å²) in [6, 6.07) is 3.56. The third-order valence-electron chi connectivity index (χ3n) is 2.15. The van der Waals surface area contributed by atoms with E-state index in [9.17, 15) is 4.79 Å². The van der Waals surface area contributed by atoms with Crippen molar-refractivity contribution in [2.24, 2.45) is 5.10 Å². The van der Waals surface area contributed by atoms with Crippen LogP contribution in [-0.2, 0) is 0 Å². The molecule has 0 radical (unpaired) electrons. The van der Waals surface area contributed by atoms with Gasteiger partial charge in [-0.25, -0.2) is 0 Å². The summed E-state index contributed by atoms with van der Waals surface area (Å²) in [6.07, 6.45) is 3.31. The summed E-state index contributed by atoms with van der Waals surface area (Å²) in [7, 11) is 3.66. The highest BCUT2D eigenvalue weighted by atomic mass is 16.3. The van der Waals surface area contributed by atoms with Crippen molar-refractivity contribution in [3.8, 4) is 0 Å². The van der Waals surface area contributed by atoms with Crippen LogP contribution in [0.4, 0.5) is 0 Å². The van der Waals surface area contributed by atoms with Crippen molar-refractivity contribution >= 4 is 23.2 Å². The molecule has 0 saturated heterocycles. The quantitative estimate of drug-likeness (QED) is 0.571. The molecule has 0 atom stereocenters. The number of carbonyl (C=O) groups is 1. The predicted octanol–water partition coefficient (Wildman–Crippen LogP) is 1.79. The van der Waals surface area contributed by atoms with Gasteiger partial charge >= 0.3 is 0 Å². The first-order valence-corrected chi connectivity index (χ1v) is 4.91. The lowest BCUT2D eigenvalue weighted by molar-refractivity contribution is 0.0941. The van der Waals surface area contributed by atoms with Crippen LogP contribution in [0.15, 0.2) is 27.8 Å². The van der Waals surface area contributed by atoms with Gasteiger partial charge in [-0.3, -0.25) is 9.36 Å². The van der Waals surface area contributed by atoms with Crippen LogP contribution in [0.1, 0.15) is 17.5 Å². The van der Waals surface area contributed by atoms with Gasteiger partial charge in [-0.2, -0.15) is 5.10 Å². The van der Waals surface area contributed by atoms with Crippen molar-refractivity contribution in [2.75, 3.05) is 14.1 Å². The first-order chi connectivity index (χ1) is 7.58. The van der Waals surface area contributed by atoms with Gasteiger partial charge in [-0.1, -0.05) is 0 Å². The van der Waals surface area contributed by atoms with Crippen LogP contribution in [0.3, 0.4) is 0 Å². The Bertz CT molecular complexity index is 549. The summed E-state index contributed by atoms with van der Waals surface area (Å²) in [4.78, 5) is 11.3. The van der Waals surface area contributed by atoms with Crippen molar-refractivity contribution in [1.29, 1.82) is 0 Å². The lowest BCUT2D eigenvalue weighted by atomic mass is 10.4. The number of rotatable bonds is 2. The maximum atomic E-state index is 11.3. The molecule has 0 unspecified atom stereocenters. The van der Waals surface area contributed by atoms with Gasteiger partial charge in [0.05, 0.1) is 11.7 Å². The van der Waals surface area contributed by atoms with Gasteiger partial charge in [-0.15, -0.1) is 0 Å². The van der Waals surface area contributed by atoms with E-state index >= 15 is 0 Å². The molecule has 2 heterocycles. The van der Waals surface area contributed by atoms with Crippen LogP contribution in [0.5, 0.6) is 0 Å². The number of fused-ring (bicyclic) bond motifs is 1. The number of carbonyl (C=O) groups excluding carboxylic acids is 1. The molecule has 0 bridgehead atoms. The first-order valence-electron chi connectivity index (χ1n) is 4.91. The Hall–Kier alpha value is -2.04. The highest BCUT2D eigenvalue weighted by molar-refractivity contribution is 5.92. The molecule has 0 fully saturated rings. The molecule has 0 aliphatic carbocycles. The molecule has 0 saturated carbocycles. The second-order valence-electron chi connectivity index (χ2n) is 3.69. The molecule has 0 N–H and O–H groups in total. The Kier molecular flexibility index (Phi) is 2.52. The van der Waals surface area contributed by atoms with Crippen LogP contribution in [-0.4, -0.2) is 35.8 Å². The Labute approximate surface area is 92.9 Å². The third kappa shape index (κ3) is 1.84. The average molecular weight is 219 g/mol. The highest BCUT2D eigenvalue weighted by Crippen LogP contribution is 2.19. The van der Waals surface area contributed by atoms with Gasteiger partial charge in [0.15, 0.2) is 5.58 Å². The normalized spacial score (nSPS) is 11.4. The summed E-state index contributed by atoms with van der Waals surface area (Å²) in [5.74, 6) is 0.598. The standard InChI is InChI=1S/C11H13N3O2/c1-8(15)14-5-4-11-10(14)6-9(16-11)7-12-13(2)3/h4-7H,1-3H3/b12-7+. The lowest BCUT2D eigenvalue weighted by Crippen LogP contribution is -2.02. The fourth-order valence-electron chi connectivity index (χ4n) is 1.46.